The Balaban J connectivity index is 1.67. The molecule has 0 saturated carbocycles. The number of carbonyl (C=O) groups is 1. The predicted molar refractivity (Wildman–Crippen MR) is 127 cm³/mol. The van der Waals surface area contributed by atoms with E-state index in [2.05, 4.69) is 20.5 Å². The number of anilines is 1. The van der Waals surface area contributed by atoms with Gasteiger partial charge in [0.15, 0.2) is 5.82 Å². The van der Waals surface area contributed by atoms with Gasteiger partial charge in [0.1, 0.15) is 23.6 Å². The first-order valence-corrected chi connectivity index (χ1v) is 12.3. The highest BCUT2D eigenvalue weighted by molar-refractivity contribution is 7.89. The molecule has 1 aliphatic heterocycles. The summed E-state index contributed by atoms with van der Waals surface area (Å²) in [6.45, 7) is 9.74. The molecule has 10 nitrogen and oxygen atoms in total. The number of carbonyl (C=O) groups excluding carboxylic acids is 1. The number of hydrogen-bond acceptors (Lipinski definition) is 7. The normalized spacial score (nSPS) is 15.4. The van der Waals surface area contributed by atoms with Gasteiger partial charge in [-0.1, -0.05) is 6.07 Å². The molecular formula is C23H28N6O4S. The first-order chi connectivity index (χ1) is 15.9. The number of hydrogen-bond donors (Lipinski definition) is 1. The van der Waals surface area contributed by atoms with Gasteiger partial charge < -0.3 is 14.6 Å². The number of methoxy groups -OCH3 is 1. The van der Waals surface area contributed by atoms with E-state index < -0.39 is 21.5 Å². The Morgan fingerprint density at radius 3 is 2.59 bits per heavy atom. The van der Waals surface area contributed by atoms with Crippen LogP contribution in [0.25, 0.3) is 11.5 Å². The molecule has 0 bridgehead atoms. The number of nitrogens with zero attached hydrogens (tertiary/aromatic N) is 5. The predicted octanol–water partition coefficient (Wildman–Crippen LogP) is 3.48. The number of rotatable bonds is 5. The summed E-state index contributed by atoms with van der Waals surface area (Å²) in [6.07, 6.45) is 1.63. The maximum atomic E-state index is 13.2. The minimum atomic E-state index is -3.74. The van der Waals surface area contributed by atoms with Crippen molar-refractivity contribution in [3.8, 4) is 17.3 Å². The van der Waals surface area contributed by atoms with E-state index in [0.29, 0.717) is 22.9 Å². The molecular weight excluding hydrogens is 456 g/mol. The van der Waals surface area contributed by atoms with Gasteiger partial charge >= 0.3 is 0 Å². The summed E-state index contributed by atoms with van der Waals surface area (Å²) in [4.78, 5) is 17.8. The van der Waals surface area contributed by atoms with E-state index in [1.807, 2.05) is 39.2 Å². The third kappa shape index (κ3) is 4.16. The number of pyridine rings is 1. The molecule has 1 aliphatic rings. The van der Waals surface area contributed by atoms with Gasteiger partial charge in [0.2, 0.25) is 10.0 Å². The quantitative estimate of drug-likeness (QED) is 0.589. The minimum Gasteiger partial charge on any atom is -0.496 e. The fourth-order valence-electron chi connectivity index (χ4n) is 3.88. The topological polar surface area (TPSA) is 119 Å². The lowest BCUT2D eigenvalue weighted by molar-refractivity contribution is 0.102. The fourth-order valence-corrected chi connectivity index (χ4v) is 5.87. The SMILES string of the molecule is COc1cc2c(cc1C(=O)Nc1cccc(-c3nncn3C(C)C)n1)S(=O)(=O)N(C(C)(C)C)C2. The lowest BCUT2D eigenvalue weighted by Gasteiger charge is -2.29. The zero-order valence-electron chi connectivity index (χ0n) is 20.0. The van der Waals surface area contributed by atoms with Crippen LogP contribution in [0, 0.1) is 0 Å². The Hall–Kier alpha value is -3.31. The van der Waals surface area contributed by atoms with E-state index in [1.165, 1.54) is 17.5 Å². The van der Waals surface area contributed by atoms with Crippen LogP contribution in [-0.2, 0) is 16.6 Å². The fraction of sp³-hybridized carbons (Fsp3) is 0.391. The number of benzene rings is 1. The average Bonchev–Trinajstić information content (AvgIpc) is 3.35. The molecule has 0 atom stereocenters. The van der Waals surface area contributed by atoms with Crippen LogP contribution in [0.1, 0.15) is 56.6 Å². The van der Waals surface area contributed by atoms with Crippen molar-refractivity contribution in [1.82, 2.24) is 24.1 Å². The molecule has 3 heterocycles. The highest BCUT2D eigenvalue weighted by Crippen LogP contribution is 2.39. The zero-order chi connectivity index (χ0) is 24.8. The molecule has 0 fully saturated rings. The standard InChI is InChI=1S/C23H28N6O4S/c1-14(2)28-13-24-27-21(28)17-8-7-9-20(25-17)26-22(30)16-11-19-15(10-18(16)33-6)12-29(23(3,4)5)34(19,31)32/h7-11,13-14H,12H2,1-6H3,(H,25,26,30). The summed E-state index contributed by atoms with van der Waals surface area (Å²) in [5.74, 6) is 0.633. The van der Waals surface area contributed by atoms with Crippen LogP contribution in [-0.4, -0.2) is 51.0 Å². The van der Waals surface area contributed by atoms with Crippen molar-refractivity contribution in [1.29, 1.82) is 0 Å². The lowest BCUT2D eigenvalue weighted by atomic mass is 10.1. The van der Waals surface area contributed by atoms with Gasteiger partial charge in [-0.2, -0.15) is 4.31 Å². The smallest absolute Gasteiger partial charge is 0.260 e. The molecule has 34 heavy (non-hydrogen) atoms. The van der Waals surface area contributed by atoms with Crippen molar-refractivity contribution < 1.29 is 17.9 Å². The molecule has 1 aromatic carbocycles. The molecule has 4 rings (SSSR count). The molecule has 0 unspecified atom stereocenters. The van der Waals surface area contributed by atoms with Crippen LogP contribution >= 0.6 is 0 Å². The number of aromatic nitrogens is 4. The summed E-state index contributed by atoms with van der Waals surface area (Å²) < 4.78 is 35.0. The summed E-state index contributed by atoms with van der Waals surface area (Å²) >= 11 is 0. The second kappa shape index (κ2) is 8.48. The first kappa shape index (κ1) is 23.8. The molecule has 11 heteroatoms. The number of fused-ring (bicyclic) bond motifs is 1. The van der Waals surface area contributed by atoms with Crippen molar-refractivity contribution >= 4 is 21.7 Å². The molecule has 0 spiro atoms. The van der Waals surface area contributed by atoms with Gasteiger partial charge in [-0.15, -0.1) is 10.2 Å². The molecule has 0 radical (unpaired) electrons. The van der Waals surface area contributed by atoms with Crippen molar-refractivity contribution in [2.75, 3.05) is 12.4 Å². The number of amides is 1. The molecule has 0 aliphatic carbocycles. The van der Waals surface area contributed by atoms with Gasteiger partial charge in [-0.05, 0) is 64.4 Å². The number of ether oxygens (including phenoxy) is 1. The number of sulfonamides is 1. The summed E-state index contributed by atoms with van der Waals surface area (Å²) in [5, 5.41) is 10.8. The van der Waals surface area contributed by atoms with Gasteiger partial charge in [-0.25, -0.2) is 13.4 Å². The Morgan fingerprint density at radius 2 is 1.94 bits per heavy atom. The average molecular weight is 485 g/mol. The second-order valence-corrected chi connectivity index (χ2v) is 11.2. The van der Waals surface area contributed by atoms with Gasteiger partial charge in [0.05, 0.1) is 17.6 Å². The van der Waals surface area contributed by atoms with E-state index in [1.54, 1.807) is 30.6 Å². The van der Waals surface area contributed by atoms with Gasteiger partial charge in [0, 0.05) is 18.1 Å². The van der Waals surface area contributed by atoms with Gasteiger partial charge in [0.25, 0.3) is 5.91 Å². The third-order valence-corrected chi connectivity index (χ3v) is 7.80. The van der Waals surface area contributed by atoms with Crippen LogP contribution in [0.4, 0.5) is 5.82 Å². The van der Waals surface area contributed by atoms with E-state index in [4.69, 9.17) is 4.74 Å². The van der Waals surface area contributed by atoms with E-state index in [-0.39, 0.29) is 28.8 Å². The Morgan fingerprint density at radius 1 is 1.21 bits per heavy atom. The Bertz CT molecular complexity index is 1360. The minimum absolute atomic E-state index is 0.109. The highest BCUT2D eigenvalue weighted by atomic mass is 32.2. The molecule has 1 N–H and O–H groups in total. The summed E-state index contributed by atoms with van der Waals surface area (Å²) in [7, 11) is -2.30. The van der Waals surface area contributed by atoms with Crippen molar-refractivity contribution in [3.63, 3.8) is 0 Å². The number of nitrogens with one attached hydrogen (secondary N) is 1. The summed E-state index contributed by atoms with van der Waals surface area (Å²) in [5.41, 5.74) is 0.650. The van der Waals surface area contributed by atoms with Crippen LogP contribution in [0.3, 0.4) is 0 Å². The van der Waals surface area contributed by atoms with Crippen molar-refractivity contribution in [2.45, 2.75) is 57.6 Å². The van der Waals surface area contributed by atoms with Crippen LogP contribution in [0.15, 0.2) is 41.6 Å². The lowest BCUT2D eigenvalue weighted by Crippen LogP contribution is -2.41. The summed E-state index contributed by atoms with van der Waals surface area (Å²) in [6, 6.07) is 8.31. The molecule has 3 aromatic rings. The van der Waals surface area contributed by atoms with Crippen LogP contribution in [0.2, 0.25) is 0 Å². The van der Waals surface area contributed by atoms with Crippen molar-refractivity contribution in [3.05, 3.63) is 47.8 Å². The Labute approximate surface area is 199 Å². The van der Waals surface area contributed by atoms with E-state index in [9.17, 15) is 13.2 Å². The maximum absolute atomic E-state index is 13.2. The van der Waals surface area contributed by atoms with Crippen LogP contribution in [0.5, 0.6) is 5.75 Å². The van der Waals surface area contributed by atoms with E-state index >= 15 is 0 Å². The van der Waals surface area contributed by atoms with E-state index in [0.717, 1.165) is 0 Å². The first-order valence-electron chi connectivity index (χ1n) is 10.9. The molecule has 180 valence electrons. The van der Waals surface area contributed by atoms with Crippen molar-refractivity contribution in [2.24, 2.45) is 0 Å². The monoisotopic (exact) mass is 484 g/mol. The van der Waals surface area contributed by atoms with Gasteiger partial charge in [-0.3, -0.25) is 4.79 Å². The van der Waals surface area contributed by atoms with Crippen LogP contribution < -0.4 is 10.1 Å². The third-order valence-electron chi connectivity index (χ3n) is 5.61. The maximum Gasteiger partial charge on any atom is 0.260 e. The molecule has 1 amide bonds. The largest absolute Gasteiger partial charge is 0.496 e. The molecule has 0 saturated heterocycles. The Kier molecular flexibility index (Phi) is 5.94. The second-order valence-electron chi connectivity index (χ2n) is 9.36. The highest BCUT2D eigenvalue weighted by Gasteiger charge is 2.42. The molecule has 2 aromatic heterocycles. The zero-order valence-corrected chi connectivity index (χ0v) is 20.8.